The first-order valence-corrected chi connectivity index (χ1v) is 6.67. The predicted octanol–water partition coefficient (Wildman–Crippen LogP) is 3.93. The Morgan fingerprint density at radius 1 is 1.35 bits per heavy atom. The third-order valence-electron chi connectivity index (χ3n) is 3.36. The van der Waals surface area contributed by atoms with Crippen molar-refractivity contribution in [2.24, 2.45) is 11.7 Å². The summed E-state index contributed by atoms with van der Waals surface area (Å²) in [5, 5.41) is 0.658. The quantitative estimate of drug-likeness (QED) is 0.883. The maximum absolute atomic E-state index is 6.22. The van der Waals surface area contributed by atoms with Crippen LogP contribution < -0.4 is 10.5 Å². The zero-order valence-electron chi connectivity index (χ0n) is 10.4. The molecule has 1 aliphatic carbocycles. The molecule has 1 aliphatic rings. The Balaban J connectivity index is 2.12. The summed E-state index contributed by atoms with van der Waals surface area (Å²) in [6.45, 7) is 3.98. The Hall–Kier alpha value is -0.730. The van der Waals surface area contributed by atoms with Crippen molar-refractivity contribution in [1.82, 2.24) is 0 Å². The lowest BCUT2D eigenvalue weighted by atomic mass is 9.77. The summed E-state index contributed by atoms with van der Waals surface area (Å²) >= 11 is 6.20. The van der Waals surface area contributed by atoms with E-state index in [9.17, 15) is 0 Å². The maximum atomic E-state index is 6.22. The van der Waals surface area contributed by atoms with Crippen LogP contribution in [0.2, 0.25) is 5.02 Å². The van der Waals surface area contributed by atoms with Crippen LogP contribution in [0.1, 0.15) is 44.7 Å². The molecule has 0 heterocycles. The highest BCUT2D eigenvalue weighted by atomic mass is 35.5. The Kier molecular flexibility index (Phi) is 3.95. The molecule has 0 radical (unpaired) electrons. The van der Waals surface area contributed by atoms with E-state index in [0.717, 1.165) is 11.3 Å². The van der Waals surface area contributed by atoms with Gasteiger partial charge in [0.2, 0.25) is 0 Å². The monoisotopic (exact) mass is 253 g/mol. The molecule has 2 rings (SSSR count). The second-order valence-corrected chi connectivity index (χ2v) is 5.48. The molecule has 0 bridgehead atoms. The first-order chi connectivity index (χ1) is 8.08. The molecule has 1 aromatic carbocycles. The zero-order chi connectivity index (χ0) is 12.4. The van der Waals surface area contributed by atoms with E-state index in [-0.39, 0.29) is 12.1 Å². The van der Waals surface area contributed by atoms with Crippen LogP contribution in [0, 0.1) is 5.92 Å². The van der Waals surface area contributed by atoms with Crippen LogP contribution in [0.25, 0.3) is 0 Å². The van der Waals surface area contributed by atoms with Gasteiger partial charge in [-0.2, -0.15) is 0 Å². The van der Waals surface area contributed by atoms with Crippen LogP contribution in [0.15, 0.2) is 18.2 Å². The zero-order valence-corrected chi connectivity index (χ0v) is 11.2. The van der Waals surface area contributed by atoms with Gasteiger partial charge >= 0.3 is 0 Å². The van der Waals surface area contributed by atoms with Crippen molar-refractivity contribution in [1.29, 1.82) is 0 Å². The predicted molar refractivity (Wildman–Crippen MR) is 71.5 cm³/mol. The minimum Gasteiger partial charge on any atom is -0.489 e. The summed E-state index contributed by atoms with van der Waals surface area (Å²) in [6.07, 6.45) is 3.92. The highest BCUT2D eigenvalue weighted by molar-refractivity contribution is 6.32. The van der Waals surface area contributed by atoms with Crippen molar-refractivity contribution in [3.63, 3.8) is 0 Å². The number of halogens is 1. The van der Waals surface area contributed by atoms with Gasteiger partial charge in [-0.15, -0.1) is 0 Å². The summed E-state index contributed by atoms with van der Waals surface area (Å²) in [6, 6.07) is 6.03. The number of rotatable bonds is 4. The first kappa shape index (κ1) is 12.7. The molecule has 0 spiro atoms. The van der Waals surface area contributed by atoms with Crippen LogP contribution in [0.3, 0.4) is 0 Å². The van der Waals surface area contributed by atoms with E-state index in [1.54, 1.807) is 0 Å². The average molecular weight is 254 g/mol. The number of hydrogen-bond donors (Lipinski definition) is 1. The molecule has 0 aliphatic heterocycles. The van der Waals surface area contributed by atoms with Gasteiger partial charge in [-0.05, 0) is 50.3 Å². The van der Waals surface area contributed by atoms with Gasteiger partial charge in [-0.25, -0.2) is 0 Å². The van der Waals surface area contributed by atoms with Gasteiger partial charge in [0.15, 0.2) is 0 Å². The van der Waals surface area contributed by atoms with E-state index in [4.69, 9.17) is 22.1 Å². The smallest absolute Gasteiger partial charge is 0.138 e. The van der Waals surface area contributed by atoms with Crippen molar-refractivity contribution >= 4 is 11.6 Å². The fourth-order valence-electron chi connectivity index (χ4n) is 2.15. The topological polar surface area (TPSA) is 35.2 Å². The fraction of sp³-hybridized carbons (Fsp3) is 0.571. The van der Waals surface area contributed by atoms with E-state index in [2.05, 4.69) is 0 Å². The number of ether oxygens (including phenoxy) is 1. The van der Waals surface area contributed by atoms with Gasteiger partial charge in [0, 0.05) is 6.04 Å². The van der Waals surface area contributed by atoms with E-state index in [1.165, 1.54) is 19.3 Å². The molecule has 1 saturated carbocycles. The molecule has 1 atom stereocenters. The van der Waals surface area contributed by atoms with Crippen molar-refractivity contribution in [2.45, 2.75) is 45.3 Å². The van der Waals surface area contributed by atoms with Crippen LogP contribution in [0.4, 0.5) is 0 Å². The van der Waals surface area contributed by atoms with Gasteiger partial charge in [-0.1, -0.05) is 24.1 Å². The SMILES string of the molecule is CC(C)Oc1ccc(C(N)C2CCC2)cc1Cl. The number of benzene rings is 1. The minimum atomic E-state index is 0.120. The Bertz CT molecular complexity index is 388. The van der Waals surface area contributed by atoms with Crippen molar-refractivity contribution in [2.75, 3.05) is 0 Å². The highest BCUT2D eigenvalue weighted by Gasteiger charge is 2.25. The molecule has 17 heavy (non-hydrogen) atoms. The normalized spacial score (nSPS) is 17.9. The lowest BCUT2D eigenvalue weighted by Crippen LogP contribution is -2.26. The van der Waals surface area contributed by atoms with E-state index in [0.29, 0.717) is 10.9 Å². The van der Waals surface area contributed by atoms with E-state index < -0.39 is 0 Å². The van der Waals surface area contributed by atoms with Gasteiger partial charge in [-0.3, -0.25) is 0 Å². The maximum Gasteiger partial charge on any atom is 0.138 e. The van der Waals surface area contributed by atoms with Crippen LogP contribution >= 0.6 is 11.6 Å². The van der Waals surface area contributed by atoms with Crippen LogP contribution in [-0.2, 0) is 0 Å². The average Bonchev–Trinajstić information content (AvgIpc) is 2.17. The summed E-state index contributed by atoms with van der Waals surface area (Å²) in [5.41, 5.74) is 7.34. The first-order valence-electron chi connectivity index (χ1n) is 6.29. The Morgan fingerprint density at radius 2 is 2.06 bits per heavy atom. The van der Waals surface area contributed by atoms with E-state index in [1.807, 2.05) is 32.0 Å². The molecule has 1 aromatic rings. The minimum absolute atomic E-state index is 0.120. The highest BCUT2D eigenvalue weighted by Crippen LogP contribution is 2.38. The number of nitrogens with two attached hydrogens (primary N) is 1. The van der Waals surface area contributed by atoms with Crippen molar-refractivity contribution < 1.29 is 4.74 Å². The van der Waals surface area contributed by atoms with Gasteiger partial charge in [0.25, 0.3) is 0 Å². The van der Waals surface area contributed by atoms with Crippen LogP contribution in [0.5, 0.6) is 5.75 Å². The number of hydrogen-bond acceptors (Lipinski definition) is 2. The second kappa shape index (κ2) is 5.28. The molecule has 0 amide bonds. The standard InChI is InChI=1S/C14H20ClNO/c1-9(2)17-13-7-6-11(8-12(13)15)14(16)10-4-3-5-10/h6-10,14H,3-5,16H2,1-2H3. The largest absolute Gasteiger partial charge is 0.489 e. The van der Waals surface area contributed by atoms with Gasteiger partial charge in [0.1, 0.15) is 5.75 Å². The molecular formula is C14H20ClNO. The van der Waals surface area contributed by atoms with E-state index >= 15 is 0 Å². The van der Waals surface area contributed by atoms with Crippen molar-refractivity contribution in [3.05, 3.63) is 28.8 Å². The summed E-state index contributed by atoms with van der Waals surface area (Å²) in [7, 11) is 0. The molecular weight excluding hydrogens is 234 g/mol. The third-order valence-corrected chi connectivity index (χ3v) is 3.66. The molecule has 1 unspecified atom stereocenters. The van der Waals surface area contributed by atoms with Gasteiger partial charge in [0.05, 0.1) is 11.1 Å². The lowest BCUT2D eigenvalue weighted by Gasteiger charge is -2.31. The fourth-order valence-corrected chi connectivity index (χ4v) is 2.38. The summed E-state index contributed by atoms with van der Waals surface area (Å²) < 4.78 is 5.61. The third kappa shape index (κ3) is 2.93. The van der Waals surface area contributed by atoms with Crippen molar-refractivity contribution in [3.8, 4) is 5.75 Å². The van der Waals surface area contributed by atoms with Gasteiger partial charge < -0.3 is 10.5 Å². The molecule has 3 heteroatoms. The lowest BCUT2D eigenvalue weighted by molar-refractivity contribution is 0.242. The Labute approximate surface area is 108 Å². The molecule has 1 fully saturated rings. The Morgan fingerprint density at radius 3 is 2.53 bits per heavy atom. The summed E-state index contributed by atoms with van der Waals surface area (Å²) in [4.78, 5) is 0. The summed E-state index contributed by atoms with van der Waals surface area (Å²) in [5.74, 6) is 1.37. The molecule has 0 saturated heterocycles. The molecule has 2 nitrogen and oxygen atoms in total. The second-order valence-electron chi connectivity index (χ2n) is 5.07. The molecule has 94 valence electrons. The van der Waals surface area contributed by atoms with Crippen LogP contribution in [-0.4, -0.2) is 6.10 Å². The molecule has 0 aromatic heterocycles. The molecule has 2 N–H and O–H groups in total.